The Kier molecular flexibility index (Phi) is 7.79. The summed E-state index contributed by atoms with van der Waals surface area (Å²) in [5, 5.41) is 2.80. The van der Waals surface area contributed by atoms with Crippen molar-refractivity contribution < 1.29 is 8.62 Å². The smallest absolute Gasteiger partial charge is 0.259 e. The number of nitrogens with one attached hydrogen (secondary N) is 1. The van der Waals surface area contributed by atoms with Gasteiger partial charge in [-0.15, -0.1) is 0 Å². The predicted octanol–water partition coefficient (Wildman–Crippen LogP) is 4.77. The van der Waals surface area contributed by atoms with Crippen molar-refractivity contribution in [2.75, 3.05) is 5.32 Å². The first-order chi connectivity index (χ1) is 9.13. The Hall–Kier alpha value is 0.150. The Balaban J connectivity index is 0.00000200. The standard InChI is InChI=1S/C13H8Br3NO2.Na/c14-10-7-6-9(12(19-16)11(10)15)13(18)17-8-4-2-1-3-5-8;/h1-7H,(H,17,18);. The number of carbonyl (C=O) groups is 1. The van der Waals surface area contributed by atoms with Gasteiger partial charge in [0.2, 0.25) is 0 Å². The maximum Gasteiger partial charge on any atom is 0.259 e. The average molecular weight is 473 g/mol. The van der Waals surface area contributed by atoms with Crippen molar-refractivity contribution >= 4 is 89.3 Å². The summed E-state index contributed by atoms with van der Waals surface area (Å²) in [4.78, 5) is 12.2. The van der Waals surface area contributed by atoms with Gasteiger partial charge in [0.15, 0.2) is 22.0 Å². The van der Waals surface area contributed by atoms with Crippen LogP contribution >= 0.6 is 48.1 Å². The molecule has 0 aromatic heterocycles. The third-order valence-corrected chi connectivity index (χ3v) is 4.71. The Morgan fingerprint density at radius 1 is 1.05 bits per heavy atom. The summed E-state index contributed by atoms with van der Waals surface area (Å²) in [6.07, 6.45) is 0. The monoisotopic (exact) mass is 470 g/mol. The number of para-hydroxylation sites is 1. The van der Waals surface area contributed by atoms with Gasteiger partial charge in [0.05, 0.1) is 10.0 Å². The number of carbonyl (C=O) groups excluding carboxylic acids is 1. The molecule has 0 aliphatic heterocycles. The fraction of sp³-hybridized carbons (Fsp3) is 0. The molecule has 2 aromatic rings. The molecule has 0 unspecified atom stereocenters. The molecule has 0 saturated carbocycles. The summed E-state index contributed by atoms with van der Waals surface area (Å²) >= 11 is 9.64. The SMILES string of the molecule is O=C(Nc1ccccc1)c1ccc(Br)c(Br)c1OBr.[Na]. The number of hydrogen-bond acceptors (Lipinski definition) is 2. The molecule has 0 spiro atoms. The zero-order chi connectivity index (χ0) is 13.8. The average Bonchev–Trinajstić information content (AvgIpc) is 2.42. The summed E-state index contributed by atoms with van der Waals surface area (Å²) in [7, 11) is 0. The van der Waals surface area contributed by atoms with Crippen molar-refractivity contribution in [3.05, 3.63) is 57.0 Å². The zero-order valence-electron chi connectivity index (χ0n) is 10.5. The Labute approximate surface area is 164 Å². The number of anilines is 1. The largest absolute Gasteiger partial charge is 0.416 e. The second kappa shape index (κ2) is 8.56. The van der Waals surface area contributed by atoms with E-state index in [1.165, 1.54) is 0 Å². The molecule has 0 atom stereocenters. The fourth-order valence-electron chi connectivity index (χ4n) is 1.51. The molecule has 2 rings (SSSR count). The Morgan fingerprint density at radius 2 is 1.70 bits per heavy atom. The van der Waals surface area contributed by atoms with Crippen molar-refractivity contribution in [1.82, 2.24) is 0 Å². The van der Waals surface area contributed by atoms with Gasteiger partial charge >= 0.3 is 0 Å². The summed E-state index contributed by atoms with van der Waals surface area (Å²) in [5.74, 6) is 0.177. The molecule has 3 nitrogen and oxygen atoms in total. The van der Waals surface area contributed by atoms with Crippen LogP contribution in [0.1, 0.15) is 10.4 Å². The molecule has 0 aliphatic rings. The minimum atomic E-state index is -0.242. The minimum absolute atomic E-state index is 0. The van der Waals surface area contributed by atoms with Crippen LogP contribution in [0.4, 0.5) is 5.69 Å². The van der Waals surface area contributed by atoms with Crippen LogP contribution in [0.2, 0.25) is 0 Å². The van der Waals surface area contributed by atoms with Gasteiger partial charge < -0.3 is 9.15 Å². The third-order valence-electron chi connectivity index (χ3n) is 2.40. The van der Waals surface area contributed by atoms with Crippen LogP contribution in [-0.4, -0.2) is 35.5 Å². The molecule has 1 N–H and O–H groups in total. The van der Waals surface area contributed by atoms with Crippen molar-refractivity contribution in [3.63, 3.8) is 0 Å². The van der Waals surface area contributed by atoms with E-state index in [1.807, 2.05) is 30.3 Å². The molecule has 1 radical (unpaired) electrons. The van der Waals surface area contributed by atoms with Crippen molar-refractivity contribution in [2.24, 2.45) is 0 Å². The number of hydrogen-bond donors (Lipinski definition) is 1. The molecule has 0 fully saturated rings. The van der Waals surface area contributed by atoms with Crippen LogP contribution in [0.3, 0.4) is 0 Å². The summed E-state index contributed by atoms with van der Waals surface area (Å²) in [6, 6.07) is 12.7. The van der Waals surface area contributed by atoms with Gasteiger partial charge in [-0.3, -0.25) is 4.79 Å². The van der Waals surface area contributed by atoms with E-state index in [1.54, 1.807) is 12.1 Å². The third kappa shape index (κ3) is 4.32. The van der Waals surface area contributed by atoms with Gasteiger partial charge in [0, 0.05) is 39.7 Å². The van der Waals surface area contributed by atoms with Crippen LogP contribution in [-0.2, 0) is 0 Å². The molecule has 0 bridgehead atoms. The Morgan fingerprint density at radius 3 is 2.30 bits per heavy atom. The molecule has 7 heteroatoms. The second-order valence-corrected chi connectivity index (χ2v) is 5.61. The normalized spacial score (nSPS) is 9.55. The van der Waals surface area contributed by atoms with E-state index >= 15 is 0 Å². The number of halogens is 3. The van der Waals surface area contributed by atoms with E-state index in [4.69, 9.17) is 3.83 Å². The molecular formula is C13H8Br3NNaO2. The molecule has 0 aliphatic carbocycles. The van der Waals surface area contributed by atoms with Gasteiger partial charge in [-0.25, -0.2) is 0 Å². The summed E-state index contributed by atoms with van der Waals surface area (Å²) in [5.41, 5.74) is 1.16. The van der Waals surface area contributed by atoms with Crippen LogP contribution in [0.5, 0.6) is 5.75 Å². The topological polar surface area (TPSA) is 38.3 Å². The molecule has 20 heavy (non-hydrogen) atoms. The fourth-order valence-corrected chi connectivity index (χ4v) is 2.80. The van der Waals surface area contributed by atoms with E-state index in [0.29, 0.717) is 15.8 Å². The number of benzene rings is 2. The first kappa shape index (κ1) is 18.2. The summed E-state index contributed by atoms with van der Waals surface area (Å²) in [6.45, 7) is 0. The molecule has 1 amide bonds. The molecular weight excluding hydrogens is 465 g/mol. The Bertz CT molecular complexity index is 608. The van der Waals surface area contributed by atoms with E-state index < -0.39 is 0 Å². The first-order valence-electron chi connectivity index (χ1n) is 5.26. The summed E-state index contributed by atoms with van der Waals surface area (Å²) < 4.78 is 6.57. The number of amides is 1. The van der Waals surface area contributed by atoms with Crippen LogP contribution in [0.15, 0.2) is 51.4 Å². The van der Waals surface area contributed by atoms with Gasteiger partial charge in [-0.05, 0) is 56.1 Å². The van der Waals surface area contributed by atoms with Gasteiger partial charge in [0.1, 0.15) is 0 Å². The van der Waals surface area contributed by atoms with E-state index in [2.05, 4.69) is 53.4 Å². The van der Waals surface area contributed by atoms with E-state index in [0.717, 1.165) is 10.2 Å². The molecule has 0 saturated heterocycles. The van der Waals surface area contributed by atoms with E-state index in [9.17, 15) is 4.79 Å². The maximum atomic E-state index is 12.2. The zero-order valence-corrected chi connectivity index (χ0v) is 17.2. The molecule has 0 heterocycles. The predicted molar refractivity (Wildman–Crippen MR) is 91.5 cm³/mol. The van der Waals surface area contributed by atoms with Gasteiger partial charge in [0.25, 0.3) is 5.91 Å². The molecule has 99 valence electrons. The first-order valence-corrected chi connectivity index (χ1v) is 7.50. The van der Waals surface area contributed by atoms with E-state index in [-0.39, 0.29) is 35.5 Å². The van der Waals surface area contributed by atoms with Crippen molar-refractivity contribution in [2.45, 2.75) is 0 Å². The second-order valence-electron chi connectivity index (χ2n) is 3.64. The molecule has 2 aromatic carbocycles. The van der Waals surface area contributed by atoms with Crippen LogP contribution < -0.4 is 9.15 Å². The van der Waals surface area contributed by atoms with Gasteiger partial charge in [-0.1, -0.05) is 18.2 Å². The maximum absolute atomic E-state index is 12.2. The van der Waals surface area contributed by atoms with Crippen LogP contribution in [0.25, 0.3) is 0 Å². The van der Waals surface area contributed by atoms with Gasteiger partial charge in [-0.2, -0.15) is 0 Å². The minimum Gasteiger partial charge on any atom is -0.416 e. The number of rotatable bonds is 3. The van der Waals surface area contributed by atoms with Crippen molar-refractivity contribution in [3.8, 4) is 5.75 Å². The quantitative estimate of drug-likeness (QED) is 0.653. The van der Waals surface area contributed by atoms with Crippen molar-refractivity contribution in [1.29, 1.82) is 0 Å². The van der Waals surface area contributed by atoms with Crippen LogP contribution in [0, 0.1) is 0 Å².